The maximum absolute atomic E-state index is 12.6. The van der Waals surface area contributed by atoms with Crippen molar-refractivity contribution in [2.75, 3.05) is 32.7 Å². The van der Waals surface area contributed by atoms with Crippen LogP contribution in [0, 0.1) is 5.92 Å². The number of rotatable bonds is 6. The molecule has 3 aromatic rings. The number of aromatic nitrogens is 4. The summed E-state index contributed by atoms with van der Waals surface area (Å²) >= 11 is 1.30. The number of aryl methyl sites for hydroxylation is 1. The molecule has 1 amide bonds. The molecule has 2 aliphatic heterocycles. The molecule has 0 aliphatic carbocycles. The highest BCUT2D eigenvalue weighted by atomic mass is 32.2. The number of methoxy groups -OCH3 is 1. The number of nitrogens with zero attached hydrogens (tertiary/aromatic N) is 5. The number of nitrogens with two attached hydrogens (primary N) is 1. The van der Waals surface area contributed by atoms with Crippen molar-refractivity contribution in [3.05, 3.63) is 24.0 Å². The number of anilines is 1. The minimum atomic E-state index is -0.514. The lowest BCUT2D eigenvalue weighted by Gasteiger charge is -2.33. The van der Waals surface area contributed by atoms with Gasteiger partial charge in [0.2, 0.25) is 6.79 Å². The molecule has 0 saturated carbocycles. The third kappa shape index (κ3) is 5.82. The van der Waals surface area contributed by atoms with Gasteiger partial charge in [-0.25, -0.2) is 24.5 Å². The van der Waals surface area contributed by atoms with Crippen molar-refractivity contribution in [2.24, 2.45) is 5.92 Å². The Bertz CT molecular complexity index is 1400. The van der Waals surface area contributed by atoms with Gasteiger partial charge in [-0.1, -0.05) is 11.8 Å². The molecule has 2 aromatic heterocycles. The van der Waals surface area contributed by atoms with E-state index in [0.717, 1.165) is 19.3 Å². The summed E-state index contributed by atoms with van der Waals surface area (Å²) in [5.74, 6) is 1.24. The van der Waals surface area contributed by atoms with Crippen LogP contribution in [0.15, 0.2) is 28.5 Å². The van der Waals surface area contributed by atoms with Gasteiger partial charge < -0.3 is 34.1 Å². The lowest BCUT2D eigenvalue weighted by molar-refractivity contribution is 0.0179. The molecule has 13 heteroatoms. The van der Waals surface area contributed by atoms with Gasteiger partial charge in [0.25, 0.3) is 0 Å². The van der Waals surface area contributed by atoms with Gasteiger partial charge in [-0.3, -0.25) is 0 Å². The molecule has 0 bridgehead atoms. The van der Waals surface area contributed by atoms with Gasteiger partial charge in [0.1, 0.15) is 11.9 Å². The van der Waals surface area contributed by atoms with E-state index in [-0.39, 0.29) is 18.7 Å². The van der Waals surface area contributed by atoms with Crippen LogP contribution in [0.3, 0.4) is 0 Å². The van der Waals surface area contributed by atoms with Crippen LogP contribution in [0.1, 0.15) is 50.4 Å². The summed E-state index contributed by atoms with van der Waals surface area (Å²) in [6, 6.07) is 3.38. The molecule has 2 N–H and O–H groups in total. The molecule has 0 unspecified atom stereocenters. The van der Waals surface area contributed by atoms with Gasteiger partial charge in [0.15, 0.2) is 33.6 Å². The number of fused-ring (bicyclic) bond motifs is 2. The smallest absolute Gasteiger partial charge is 0.410 e. The van der Waals surface area contributed by atoms with Crippen LogP contribution in [-0.4, -0.2) is 69.1 Å². The fourth-order valence-electron chi connectivity index (χ4n) is 4.63. The van der Waals surface area contributed by atoms with Crippen molar-refractivity contribution in [1.82, 2.24) is 24.4 Å². The second kappa shape index (κ2) is 10.8. The number of ether oxygens (including phenoxy) is 4. The zero-order valence-electron chi connectivity index (χ0n) is 22.4. The predicted octanol–water partition coefficient (Wildman–Crippen LogP) is 4.11. The van der Waals surface area contributed by atoms with Gasteiger partial charge in [-0.2, -0.15) is 0 Å². The molecule has 2 aliphatic rings. The van der Waals surface area contributed by atoms with E-state index in [1.54, 1.807) is 17.0 Å². The first kappa shape index (κ1) is 26.9. The number of likely N-dealkylation sites (tertiary alicyclic amines) is 1. The van der Waals surface area contributed by atoms with E-state index in [4.69, 9.17) is 29.7 Å². The number of hydrogen-bond donors (Lipinski definition) is 1. The molecule has 1 saturated heterocycles. The van der Waals surface area contributed by atoms with E-state index in [1.807, 2.05) is 25.3 Å². The van der Waals surface area contributed by atoms with Gasteiger partial charge >= 0.3 is 12.1 Å². The number of amides is 1. The average molecular weight is 557 g/mol. The molecular weight excluding hydrogens is 524 g/mol. The molecule has 39 heavy (non-hydrogen) atoms. The standard InChI is InChI=1S/C26H32N6O6S/c1-26(2,3)38-25(34)31-8-5-15(6-9-31)7-10-32-22-20(21(27)28-13-29-22)30-24(32)39-19-12-18-17(36-14-37-18)11-16(19)23(33)35-4/h11-13,15H,5-10,14H2,1-4H3,(H2,27,28,29). The first-order valence-corrected chi connectivity index (χ1v) is 13.6. The number of carbonyl (C=O) groups excluding carboxylic acids is 2. The lowest BCUT2D eigenvalue weighted by Crippen LogP contribution is -2.41. The summed E-state index contributed by atoms with van der Waals surface area (Å²) in [5, 5.41) is 0.618. The average Bonchev–Trinajstić information content (AvgIpc) is 3.50. The van der Waals surface area contributed by atoms with Crippen molar-refractivity contribution in [3.8, 4) is 11.5 Å². The lowest BCUT2D eigenvalue weighted by atomic mass is 9.94. The topological polar surface area (TPSA) is 144 Å². The number of imidazole rings is 1. The van der Waals surface area contributed by atoms with E-state index >= 15 is 0 Å². The first-order valence-electron chi connectivity index (χ1n) is 12.8. The molecule has 1 aromatic carbocycles. The highest BCUT2D eigenvalue weighted by Crippen LogP contribution is 2.41. The summed E-state index contributed by atoms with van der Waals surface area (Å²) in [4.78, 5) is 40.7. The van der Waals surface area contributed by atoms with Crippen LogP contribution in [0.2, 0.25) is 0 Å². The molecule has 0 radical (unpaired) electrons. The van der Waals surface area contributed by atoms with Crippen molar-refractivity contribution in [3.63, 3.8) is 0 Å². The molecule has 4 heterocycles. The van der Waals surface area contributed by atoms with Crippen LogP contribution >= 0.6 is 11.8 Å². The number of hydrogen-bond acceptors (Lipinski definition) is 11. The van der Waals surface area contributed by atoms with Crippen molar-refractivity contribution in [1.29, 1.82) is 0 Å². The number of benzene rings is 1. The molecule has 208 valence electrons. The minimum absolute atomic E-state index is 0.0848. The maximum Gasteiger partial charge on any atom is 0.410 e. The minimum Gasteiger partial charge on any atom is -0.465 e. The van der Waals surface area contributed by atoms with Crippen LogP contribution in [0.5, 0.6) is 11.5 Å². The van der Waals surface area contributed by atoms with Crippen LogP contribution in [0.4, 0.5) is 10.6 Å². The molecule has 12 nitrogen and oxygen atoms in total. The Kier molecular flexibility index (Phi) is 7.43. The Hall–Kier alpha value is -3.74. The van der Waals surface area contributed by atoms with Crippen molar-refractivity contribution in [2.45, 2.75) is 62.2 Å². The number of piperidine rings is 1. The van der Waals surface area contributed by atoms with Crippen molar-refractivity contribution < 1.29 is 28.5 Å². The first-order chi connectivity index (χ1) is 18.6. The third-order valence-electron chi connectivity index (χ3n) is 6.63. The SMILES string of the molecule is COC(=O)c1cc2c(cc1Sc1nc3c(N)ncnc3n1CCC1CCN(C(=O)OC(C)(C)C)CC1)OCO2. The number of esters is 1. The second-order valence-corrected chi connectivity index (χ2v) is 11.5. The van der Waals surface area contributed by atoms with E-state index < -0.39 is 11.6 Å². The van der Waals surface area contributed by atoms with Gasteiger partial charge in [-0.15, -0.1) is 0 Å². The number of carbonyl (C=O) groups is 2. The quantitative estimate of drug-likeness (QED) is 0.438. The summed E-state index contributed by atoms with van der Waals surface area (Å²) < 4.78 is 23.5. The Morgan fingerprint density at radius 2 is 1.87 bits per heavy atom. The largest absolute Gasteiger partial charge is 0.465 e. The zero-order valence-corrected chi connectivity index (χ0v) is 23.2. The van der Waals surface area contributed by atoms with E-state index in [2.05, 4.69) is 9.97 Å². The molecule has 0 spiro atoms. The molecule has 1 fully saturated rings. The number of nitrogen functional groups attached to an aromatic ring is 1. The van der Waals surface area contributed by atoms with Crippen LogP contribution in [-0.2, 0) is 16.0 Å². The van der Waals surface area contributed by atoms with Crippen LogP contribution < -0.4 is 15.2 Å². The maximum atomic E-state index is 12.6. The summed E-state index contributed by atoms with van der Waals surface area (Å²) in [7, 11) is 1.33. The summed E-state index contributed by atoms with van der Waals surface area (Å²) in [5.41, 5.74) is 7.09. The Balaban J connectivity index is 1.36. The van der Waals surface area contributed by atoms with E-state index in [0.29, 0.717) is 63.8 Å². The molecule has 0 atom stereocenters. The zero-order chi connectivity index (χ0) is 27.7. The predicted molar refractivity (Wildman–Crippen MR) is 143 cm³/mol. The Labute approximate surface area is 230 Å². The third-order valence-corrected chi connectivity index (χ3v) is 7.69. The highest BCUT2D eigenvalue weighted by Gasteiger charge is 2.28. The fraction of sp³-hybridized carbons (Fsp3) is 0.500. The molecule has 5 rings (SSSR count). The van der Waals surface area contributed by atoms with E-state index in [9.17, 15) is 9.59 Å². The summed E-state index contributed by atoms with van der Waals surface area (Å²) in [6.07, 6.45) is 3.76. The Morgan fingerprint density at radius 3 is 2.56 bits per heavy atom. The van der Waals surface area contributed by atoms with Crippen molar-refractivity contribution >= 4 is 40.8 Å². The van der Waals surface area contributed by atoms with Gasteiger partial charge in [-0.05, 0) is 58.1 Å². The monoisotopic (exact) mass is 556 g/mol. The van der Waals surface area contributed by atoms with E-state index in [1.165, 1.54) is 25.2 Å². The van der Waals surface area contributed by atoms with Crippen LogP contribution in [0.25, 0.3) is 11.2 Å². The highest BCUT2D eigenvalue weighted by molar-refractivity contribution is 7.99. The Morgan fingerprint density at radius 1 is 1.15 bits per heavy atom. The summed E-state index contributed by atoms with van der Waals surface area (Å²) in [6.45, 7) is 7.64. The molecular formula is C26H32N6O6S. The second-order valence-electron chi connectivity index (χ2n) is 10.5. The normalized spacial score (nSPS) is 15.5. The fourth-order valence-corrected chi connectivity index (χ4v) is 5.67. The van der Waals surface area contributed by atoms with Gasteiger partial charge in [0, 0.05) is 24.5 Å². The van der Waals surface area contributed by atoms with Gasteiger partial charge in [0.05, 0.1) is 12.7 Å².